The minimum absolute atomic E-state index is 0.0649. The summed E-state index contributed by atoms with van der Waals surface area (Å²) in [5.74, 6) is 1.42. The molecule has 2 aromatic carbocycles. The number of carbonyl (C=O) groups excluding carboxylic acids is 1. The second kappa shape index (κ2) is 7.82. The summed E-state index contributed by atoms with van der Waals surface area (Å²) in [6, 6.07) is 15.9. The summed E-state index contributed by atoms with van der Waals surface area (Å²) in [4.78, 5) is 12.4. The Bertz CT molecular complexity index is 650. The van der Waals surface area contributed by atoms with Gasteiger partial charge in [0.2, 0.25) is 0 Å². The zero-order valence-corrected chi connectivity index (χ0v) is 14.3. The van der Waals surface area contributed by atoms with E-state index in [-0.39, 0.29) is 5.91 Å². The van der Waals surface area contributed by atoms with Crippen molar-refractivity contribution in [2.24, 2.45) is 5.92 Å². The molecule has 0 aromatic heterocycles. The molecule has 1 N–H and O–H groups in total. The average Bonchev–Trinajstić information content (AvgIpc) is 2.56. The number of methoxy groups -OCH3 is 1. The lowest BCUT2D eigenvalue weighted by Crippen LogP contribution is -2.30. The molecule has 0 saturated carbocycles. The number of aryl methyl sites for hydroxylation is 1. The highest BCUT2D eigenvalue weighted by atomic mass is 16.5. The van der Waals surface area contributed by atoms with Crippen LogP contribution in [0.2, 0.25) is 0 Å². The van der Waals surface area contributed by atoms with E-state index in [1.165, 1.54) is 5.56 Å². The van der Waals surface area contributed by atoms with Crippen LogP contribution in [0.25, 0.3) is 0 Å². The van der Waals surface area contributed by atoms with E-state index >= 15 is 0 Å². The molecule has 0 radical (unpaired) electrons. The molecule has 3 heteroatoms. The van der Waals surface area contributed by atoms with Gasteiger partial charge in [0.15, 0.2) is 0 Å². The van der Waals surface area contributed by atoms with Gasteiger partial charge >= 0.3 is 0 Å². The van der Waals surface area contributed by atoms with E-state index in [1.807, 2.05) is 37.3 Å². The molecule has 2 rings (SSSR count). The maximum absolute atomic E-state index is 12.4. The van der Waals surface area contributed by atoms with Gasteiger partial charge < -0.3 is 10.1 Å². The van der Waals surface area contributed by atoms with E-state index in [4.69, 9.17) is 4.74 Å². The van der Waals surface area contributed by atoms with Crippen molar-refractivity contribution in [1.82, 2.24) is 5.32 Å². The first-order valence-corrected chi connectivity index (χ1v) is 8.00. The zero-order chi connectivity index (χ0) is 16.8. The number of hydrogen-bond acceptors (Lipinski definition) is 2. The molecule has 0 aliphatic carbocycles. The molecule has 1 unspecified atom stereocenters. The van der Waals surface area contributed by atoms with E-state index in [0.29, 0.717) is 23.9 Å². The summed E-state index contributed by atoms with van der Waals surface area (Å²) < 4.78 is 5.29. The van der Waals surface area contributed by atoms with Crippen molar-refractivity contribution in [3.63, 3.8) is 0 Å². The number of nitrogens with one attached hydrogen (secondary N) is 1. The van der Waals surface area contributed by atoms with Crippen LogP contribution in [0.1, 0.15) is 41.3 Å². The van der Waals surface area contributed by atoms with Crippen LogP contribution in [0.4, 0.5) is 0 Å². The number of carbonyl (C=O) groups is 1. The highest BCUT2D eigenvalue weighted by Gasteiger charge is 2.17. The number of ether oxygens (including phenoxy) is 1. The van der Waals surface area contributed by atoms with Gasteiger partial charge in [-0.1, -0.05) is 50.2 Å². The predicted octanol–water partition coefficient (Wildman–Crippen LogP) is 4.17. The lowest BCUT2D eigenvalue weighted by molar-refractivity contribution is 0.0948. The van der Waals surface area contributed by atoms with Crippen LogP contribution in [0.15, 0.2) is 48.5 Å². The number of benzene rings is 2. The van der Waals surface area contributed by atoms with Crippen molar-refractivity contribution in [2.45, 2.75) is 26.7 Å². The molecule has 0 aliphatic heterocycles. The van der Waals surface area contributed by atoms with Crippen LogP contribution in [0.5, 0.6) is 5.75 Å². The third-order valence-corrected chi connectivity index (χ3v) is 4.19. The molecule has 122 valence electrons. The van der Waals surface area contributed by atoms with Gasteiger partial charge in [-0.2, -0.15) is 0 Å². The van der Waals surface area contributed by atoms with Crippen molar-refractivity contribution in [1.29, 1.82) is 0 Å². The predicted molar refractivity (Wildman–Crippen MR) is 94.1 cm³/mol. The third-order valence-electron chi connectivity index (χ3n) is 4.19. The highest BCUT2D eigenvalue weighted by Crippen LogP contribution is 2.24. The molecule has 23 heavy (non-hydrogen) atoms. The Labute approximate surface area is 138 Å². The SMILES string of the molecule is COc1cc(C(=O)NCC(c2ccccc2)C(C)C)ccc1C. The molecule has 0 heterocycles. The molecular weight excluding hydrogens is 286 g/mol. The topological polar surface area (TPSA) is 38.3 Å². The van der Waals surface area contributed by atoms with Crippen LogP contribution in [-0.4, -0.2) is 19.6 Å². The summed E-state index contributed by atoms with van der Waals surface area (Å²) in [5, 5.41) is 3.06. The van der Waals surface area contributed by atoms with E-state index < -0.39 is 0 Å². The minimum atomic E-state index is -0.0649. The van der Waals surface area contributed by atoms with Crippen LogP contribution >= 0.6 is 0 Å². The van der Waals surface area contributed by atoms with Crippen molar-refractivity contribution in [2.75, 3.05) is 13.7 Å². The van der Waals surface area contributed by atoms with Crippen LogP contribution in [0, 0.1) is 12.8 Å². The van der Waals surface area contributed by atoms with Gasteiger partial charge in [0, 0.05) is 18.0 Å². The minimum Gasteiger partial charge on any atom is -0.496 e. The fourth-order valence-electron chi connectivity index (χ4n) is 2.70. The first-order chi connectivity index (χ1) is 11.0. The Morgan fingerprint density at radius 1 is 1.13 bits per heavy atom. The molecule has 0 aliphatic rings. The smallest absolute Gasteiger partial charge is 0.251 e. The van der Waals surface area contributed by atoms with E-state index in [0.717, 1.165) is 11.3 Å². The number of hydrogen-bond donors (Lipinski definition) is 1. The molecular formula is C20H25NO2. The molecule has 0 fully saturated rings. The lowest BCUT2D eigenvalue weighted by atomic mass is 9.88. The van der Waals surface area contributed by atoms with Crippen LogP contribution in [-0.2, 0) is 0 Å². The van der Waals surface area contributed by atoms with Gasteiger partial charge in [-0.15, -0.1) is 0 Å². The van der Waals surface area contributed by atoms with Gasteiger partial charge in [0.25, 0.3) is 5.91 Å². The van der Waals surface area contributed by atoms with Crippen molar-refractivity contribution >= 4 is 5.91 Å². The molecule has 0 bridgehead atoms. The Morgan fingerprint density at radius 2 is 1.83 bits per heavy atom. The molecule has 0 spiro atoms. The molecule has 2 aromatic rings. The Hall–Kier alpha value is -2.29. The molecule has 3 nitrogen and oxygen atoms in total. The maximum Gasteiger partial charge on any atom is 0.251 e. The standard InChI is InChI=1S/C20H25NO2/c1-14(2)18(16-8-6-5-7-9-16)13-21-20(22)17-11-10-15(3)19(12-17)23-4/h5-12,14,18H,13H2,1-4H3,(H,21,22). The first kappa shape index (κ1) is 17.1. The lowest BCUT2D eigenvalue weighted by Gasteiger charge is -2.22. The zero-order valence-electron chi connectivity index (χ0n) is 14.3. The van der Waals surface area contributed by atoms with E-state index in [2.05, 4.69) is 31.3 Å². The van der Waals surface area contributed by atoms with Gasteiger partial charge in [-0.25, -0.2) is 0 Å². The summed E-state index contributed by atoms with van der Waals surface area (Å²) in [6.45, 7) is 6.94. The van der Waals surface area contributed by atoms with E-state index in [9.17, 15) is 4.79 Å². The largest absolute Gasteiger partial charge is 0.496 e. The van der Waals surface area contributed by atoms with Crippen LogP contribution in [0.3, 0.4) is 0 Å². The third kappa shape index (κ3) is 4.35. The highest BCUT2D eigenvalue weighted by molar-refractivity contribution is 5.94. The second-order valence-electron chi connectivity index (χ2n) is 6.16. The van der Waals surface area contributed by atoms with Gasteiger partial charge in [0.1, 0.15) is 5.75 Å². The normalized spacial score (nSPS) is 12.0. The Balaban J connectivity index is 2.07. The number of rotatable bonds is 6. The molecule has 1 atom stereocenters. The summed E-state index contributed by atoms with van der Waals surface area (Å²) in [5.41, 5.74) is 2.90. The maximum atomic E-state index is 12.4. The van der Waals surface area contributed by atoms with Crippen LogP contribution < -0.4 is 10.1 Å². The van der Waals surface area contributed by atoms with Gasteiger partial charge in [-0.3, -0.25) is 4.79 Å². The average molecular weight is 311 g/mol. The first-order valence-electron chi connectivity index (χ1n) is 8.00. The monoisotopic (exact) mass is 311 g/mol. The summed E-state index contributed by atoms with van der Waals surface area (Å²) in [6.07, 6.45) is 0. The van der Waals surface area contributed by atoms with Crippen molar-refractivity contribution in [3.8, 4) is 5.75 Å². The van der Waals surface area contributed by atoms with Crippen molar-refractivity contribution in [3.05, 3.63) is 65.2 Å². The quantitative estimate of drug-likeness (QED) is 0.869. The van der Waals surface area contributed by atoms with Crippen molar-refractivity contribution < 1.29 is 9.53 Å². The van der Waals surface area contributed by atoms with E-state index in [1.54, 1.807) is 13.2 Å². The van der Waals surface area contributed by atoms with Gasteiger partial charge in [-0.05, 0) is 36.1 Å². The summed E-state index contributed by atoms with van der Waals surface area (Å²) >= 11 is 0. The molecule has 1 amide bonds. The Kier molecular flexibility index (Phi) is 5.80. The Morgan fingerprint density at radius 3 is 2.43 bits per heavy atom. The van der Waals surface area contributed by atoms with Gasteiger partial charge in [0.05, 0.1) is 7.11 Å². The summed E-state index contributed by atoms with van der Waals surface area (Å²) in [7, 11) is 1.62. The number of amides is 1. The second-order valence-corrected chi connectivity index (χ2v) is 6.16. The molecule has 0 saturated heterocycles. The fourth-order valence-corrected chi connectivity index (χ4v) is 2.70. The fraction of sp³-hybridized carbons (Fsp3) is 0.350.